The van der Waals surface area contributed by atoms with Crippen LogP contribution < -0.4 is 0 Å². The maximum absolute atomic E-state index is 10.8. The van der Waals surface area contributed by atoms with E-state index in [0.29, 0.717) is 12.3 Å². The lowest BCUT2D eigenvalue weighted by atomic mass is 10.2. The van der Waals surface area contributed by atoms with Gasteiger partial charge in [-0.3, -0.25) is 4.79 Å². The summed E-state index contributed by atoms with van der Waals surface area (Å²) in [5.74, 6) is 0.495. The summed E-state index contributed by atoms with van der Waals surface area (Å²) in [5, 5.41) is 8.56. The van der Waals surface area contributed by atoms with Gasteiger partial charge in [-0.15, -0.1) is 0 Å². The summed E-state index contributed by atoms with van der Waals surface area (Å²) in [5.41, 5.74) is 0. The van der Waals surface area contributed by atoms with E-state index in [4.69, 9.17) is 5.11 Å². The molecule has 0 aromatic rings. The van der Waals surface area contributed by atoms with Gasteiger partial charge in [0.05, 0.1) is 0 Å². The van der Waals surface area contributed by atoms with E-state index in [1.54, 1.807) is 0 Å². The fourth-order valence-corrected chi connectivity index (χ4v) is 1.11. The number of aliphatic hydroxyl groups excluding tert-OH is 1. The predicted octanol–water partition coefficient (Wildman–Crippen LogP) is -0.195. The van der Waals surface area contributed by atoms with Crippen molar-refractivity contribution in [1.82, 2.24) is 4.90 Å². The highest BCUT2D eigenvalue weighted by Crippen LogP contribution is 2.14. The van der Waals surface area contributed by atoms with E-state index in [2.05, 4.69) is 0 Å². The molecule has 1 aliphatic rings. The minimum Gasteiger partial charge on any atom is -0.376 e. The maximum atomic E-state index is 10.8. The largest absolute Gasteiger partial charge is 0.376 e. The monoisotopic (exact) mass is 129 g/mol. The first-order valence-corrected chi connectivity index (χ1v) is 3.12. The summed E-state index contributed by atoms with van der Waals surface area (Å²) in [7, 11) is 0. The Morgan fingerprint density at radius 3 is 2.78 bits per heavy atom. The molecule has 1 atom stereocenters. The molecule has 1 fully saturated rings. The summed E-state index contributed by atoms with van der Waals surface area (Å²) < 4.78 is 0. The molecule has 0 aliphatic carbocycles. The normalized spacial score (nSPS) is 27.6. The second-order valence-corrected chi connectivity index (χ2v) is 2.57. The third-order valence-electron chi connectivity index (χ3n) is 1.58. The van der Waals surface area contributed by atoms with Crippen LogP contribution in [0.15, 0.2) is 0 Å². The number of aliphatic hydroxyl groups is 1. The van der Waals surface area contributed by atoms with Crippen LogP contribution in [-0.4, -0.2) is 29.2 Å². The highest BCUT2D eigenvalue weighted by Gasteiger charge is 2.24. The van der Waals surface area contributed by atoms with Crippen LogP contribution in [0.25, 0.3) is 0 Å². The van der Waals surface area contributed by atoms with Crippen LogP contribution in [-0.2, 0) is 4.79 Å². The Balaban J connectivity index is 2.48. The molecule has 0 spiro atoms. The van der Waals surface area contributed by atoms with Crippen molar-refractivity contribution < 1.29 is 9.90 Å². The smallest absolute Gasteiger partial charge is 0.224 e. The minimum atomic E-state index is -0.122. The van der Waals surface area contributed by atoms with Gasteiger partial charge in [0, 0.05) is 13.0 Å². The molecule has 1 amide bonds. The number of carbonyl (C=O) groups is 1. The predicted molar refractivity (Wildman–Crippen MR) is 32.6 cm³/mol. The minimum absolute atomic E-state index is 0.0741. The quantitative estimate of drug-likeness (QED) is 0.533. The van der Waals surface area contributed by atoms with Crippen LogP contribution in [0.2, 0.25) is 0 Å². The topological polar surface area (TPSA) is 40.5 Å². The molecule has 1 rings (SSSR count). The second kappa shape index (κ2) is 2.35. The lowest BCUT2D eigenvalue weighted by Crippen LogP contribution is -2.25. The van der Waals surface area contributed by atoms with Gasteiger partial charge in [0.25, 0.3) is 0 Å². The van der Waals surface area contributed by atoms with Gasteiger partial charge in [0.15, 0.2) is 0 Å². The summed E-state index contributed by atoms with van der Waals surface area (Å²) >= 11 is 0. The Hall–Kier alpha value is -0.570. The zero-order valence-electron chi connectivity index (χ0n) is 5.50. The van der Waals surface area contributed by atoms with Crippen molar-refractivity contribution in [2.45, 2.75) is 13.3 Å². The van der Waals surface area contributed by atoms with Gasteiger partial charge < -0.3 is 10.0 Å². The molecular weight excluding hydrogens is 118 g/mol. The van der Waals surface area contributed by atoms with Gasteiger partial charge in [-0.25, -0.2) is 0 Å². The van der Waals surface area contributed by atoms with E-state index in [0.717, 1.165) is 6.54 Å². The van der Waals surface area contributed by atoms with E-state index in [1.165, 1.54) is 4.90 Å². The fourth-order valence-electron chi connectivity index (χ4n) is 1.11. The Kier molecular flexibility index (Phi) is 1.71. The number of hydrogen-bond acceptors (Lipinski definition) is 2. The number of rotatable bonds is 1. The van der Waals surface area contributed by atoms with Gasteiger partial charge in [-0.05, 0) is 5.92 Å². The van der Waals surface area contributed by atoms with Crippen LogP contribution in [0, 0.1) is 5.92 Å². The molecule has 9 heavy (non-hydrogen) atoms. The van der Waals surface area contributed by atoms with Crippen LogP contribution in [0.1, 0.15) is 13.3 Å². The number of nitrogens with zero attached hydrogens (tertiary/aromatic N) is 1. The van der Waals surface area contributed by atoms with Gasteiger partial charge in [-0.2, -0.15) is 0 Å². The Labute approximate surface area is 54.3 Å². The van der Waals surface area contributed by atoms with E-state index in [-0.39, 0.29) is 12.6 Å². The Morgan fingerprint density at radius 2 is 2.56 bits per heavy atom. The molecule has 1 saturated heterocycles. The molecule has 0 radical (unpaired) electrons. The van der Waals surface area contributed by atoms with Crippen LogP contribution in [0.4, 0.5) is 0 Å². The van der Waals surface area contributed by atoms with Crippen molar-refractivity contribution in [3.05, 3.63) is 0 Å². The molecular formula is C6H11NO2. The molecule has 0 saturated carbocycles. The average Bonchev–Trinajstić information content (AvgIpc) is 2.10. The lowest BCUT2D eigenvalue weighted by molar-refractivity contribution is -0.130. The molecule has 1 heterocycles. The first-order chi connectivity index (χ1) is 4.24. The molecule has 1 aliphatic heterocycles. The Bertz CT molecular complexity index is 124. The SMILES string of the molecule is CC1CC(=O)N(CO)C1. The van der Waals surface area contributed by atoms with Gasteiger partial charge >= 0.3 is 0 Å². The average molecular weight is 129 g/mol. The number of likely N-dealkylation sites (tertiary alicyclic amines) is 1. The van der Waals surface area contributed by atoms with Gasteiger partial charge in [0.2, 0.25) is 5.91 Å². The zero-order chi connectivity index (χ0) is 6.85. The molecule has 0 aromatic heterocycles. The van der Waals surface area contributed by atoms with Crippen molar-refractivity contribution >= 4 is 5.91 Å². The van der Waals surface area contributed by atoms with Crippen molar-refractivity contribution in [3.8, 4) is 0 Å². The third kappa shape index (κ3) is 1.21. The molecule has 0 bridgehead atoms. The van der Waals surface area contributed by atoms with Crippen molar-refractivity contribution in [3.63, 3.8) is 0 Å². The van der Waals surface area contributed by atoms with E-state index in [1.807, 2.05) is 6.92 Å². The molecule has 3 heteroatoms. The van der Waals surface area contributed by atoms with E-state index >= 15 is 0 Å². The second-order valence-electron chi connectivity index (χ2n) is 2.57. The van der Waals surface area contributed by atoms with E-state index < -0.39 is 0 Å². The highest BCUT2D eigenvalue weighted by atomic mass is 16.3. The zero-order valence-corrected chi connectivity index (χ0v) is 5.50. The molecule has 1 unspecified atom stereocenters. The first-order valence-electron chi connectivity index (χ1n) is 3.12. The molecule has 0 aromatic carbocycles. The van der Waals surface area contributed by atoms with Crippen LogP contribution in [0.3, 0.4) is 0 Å². The number of hydrogen-bond donors (Lipinski definition) is 1. The highest BCUT2D eigenvalue weighted by molar-refractivity contribution is 5.78. The summed E-state index contributed by atoms with van der Waals surface area (Å²) in [6, 6.07) is 0. The third-order valence-corrected chi connectivity index (χ3v) is 1.58. The number of carbonyl (C=O) groups excluding carboxylic acids is 1. The lowest BCUT2D eigenvalue weighted by Gasteiger charge is -2.10. The van der Waals surface area contributed by atoms with Gasteiger partial charge in [-0.1, -0.05) is 6.92 Å². The summed E-state index contributed by atoms with van der Waals surface area (Å²) in [6.45, 7) is 2.60. The molecule has 3 nitrogen and oxygen atoms in total. The van der Waals surface area contributed by atoms with Crippen LogP contribution >= 0.6 is 0 Å². The Morgan fingerprint density at radius 1 is 1.89 bits per heavy atom. The van der Waals surface area contributed by atoms with Crippen molar-refractivity contribution in [1.29, 1.82) is 0 Å². The van der Waals surface area contributed by atoms with Crippen molar-refractivity contribution in [2.75, 3.05) is 13.3 Å². The number of amides is 1. The molecule has 1 N–H and O–H groups in total. The maximum Gasteiger partial charge on any atom is 0.224 e. The summed E-state index contributed by atoms with van der Waals surface area (Å²) in [4.78, 5) is 12.2. The molecule has 52 valence electrons. The first kappa shape index (κ1) is 6.55. The standard InChI is InChI=1S/C6H11NO2/c1-5-2-6(9)7(3-5)4-8/h5,8H,2-4H2,1H3. The van der Waals surface area contributed by atoms with E-state index in [9.17, 15) is 4.79 Å². The van der Waals surface area contributed by atoms with Crippen molar-refractivity contribution in [2.24, 2.45) is 5.92 Å². The fraction of sp³-hybridized carbons (Fsp3) is 0.833. The van der Waals surface area contributed by atoms with Crippen LogP contribution in [0.5, 0.6) is 0 Å². The van der Waals surface area contributed by atoms with Gasteiger partial charge in [0.1, 0.15) is 6.73 Å². The summed E-state index contributed by atoms with van der Waals surface area (Å²) in [6.07, 6.45) is 0.598.